The molecule has 3 aromatic carbocycles. The maximum atomic E-state index is 13.6. The fraction of sp³-hybridized carbons (Fsp3) is 0.333. The molecule has 0 nitrogen and oxygen atoms in total. The van der Waals surface area contributed by atoms with Crippen molar-refractivity contribution in [2.75, 3.05) is 0 Å². The van der Waals surface area contributed by atoms with Crippen molar-refractivity contribution >= 4 is 59.5 Å². The van der Waals surface area contributed by atoms with Gasteiger partial charge in [0.15, 0.2) is 0 Å². The molecule has 0 amide bonds. The van der Waals surface area contributed by atoms with Crippen molar-refractivity contribution in [1.82, 2.24) is 0 Å². The Labute approximate surface area is 213 Å². The van der Waals surface area contributed by atoms with Gasteiger partial charge in [0.25, 0.3) is 0 Å². The molecule has 0 bridgehead atoms. The van der Waals surface area contributed by atoms with E-state index in [-0.39, 0.29) is 17.5 Å². The van der Waals surface area contributed by atoms with Gasteiger partial charge in [-0.1, -0.05) is 0 Å². The predicted molar refractivity (Wildman–Crippen MR) is 151 cm³/mol. The molecular weight excluding hydrogens is 584 g/mol. The molecule has 0 saturated heterocycles. The summed E-state index contributed by atoms with van der Waals surface area (Å²) in [4.78, 5) is 0. The Morgan fingerprint density at radius 1 is 0.441 bits per heavy atom. The van der Waals surface area contributed by atoms with Crippen molar-refractivity contribution in [3.63, 3.8) is 0 Å². The van der Waals surface area contributed by atoms with E-state index in [1.807, 2.05) is 36.4 Å². The fourth-order valence-corrected chi connectivity index (χ4v) is 61.1. The van der Waals surface area contributed by atoms with E-state index in [0.717, 1.165) is 0 Å². The molecule has 0 aliphatic rings. The first-order valence-electron chi connectivity index (χ1n) is 11.9. The summed E-state index contributed by atoms with van der Waals surface area (Å²) in [7, 11) is -5.22. The van der Waals surface area contributed by atoms with Crippen LogP contribution in [0.4, 0.5) is 13.2 Å². The first kappa shape index (κ1) is 27.5. The quantitative estimate of drug-likeness (QED) is 0.244. The second-order valence-electron chi connectivity index (χ2n) is 11.5. The second-order valence-corrected chi connectivity index (χ2v) is 38.9. The van der Waals surface area contributed by atoms with Gasteiger partial charge < -0.3 is 0 Å². The zero-order valence-corrected chi connectivity index (χ0v) is 27.0. The summed E-state index contributed by atoms with van der Waals surface area (Å²) in [6.45, 7) is 14.6. The predicted octanol–water partition coefficient (Wildman–Crippen LogP) is 6.36. The summed E-state index contributed by atoms with van der Waals surface area (Å²) >= 11 is -1.98. The molecule has 0 aromatic heterocycles. The Kier molecular flexibility index (Phi) is 8.80. The van der Waals surface area contributed by atoms with Crippen LogP contribution in [0.5, 0.6) is 0 Å². The van der Waals surface area contributed by atoms with Gasteiger partial charge in [0.1, 0.15) is 0 Å². The number of halogens is 3. The normalized spacial score (nSPS) is 12.9. The molecule has 0 aliphatic carbocycles. The molecule has 3 aromatic rings. The summed E-state index contributed by atoms with van der Waals surface area (Å²) in [5.41, 5.74) is 0. The molecule has 0 heterocycles. The minimum absolute atomic E-state index is 0.179. The van der Waals surface area contributed by atoms with Gasteiger partial charge in [0.2, 0.25) is 0 Å². The molecule has 0 atom stereocenters. The third-order valence-electron chi connectivity index (χ3n) is 6.95. The van der Waals surface area contributed by atoms with Crippen LogP contribution in [0.2, 0.25) is 51.5 Å². The van der Waals surface area contributed by atoms with Crippen LogP contribution in [0.15, 0.2) is 72.8 Å². The maximum absolute atomic E-state index is 13.6. The second kappa shape index (κ2) is 10.9. The minimum atomic E-state index is -1.98. The molecule has 7 heteroatoms. The van der Waals surface area contributed by atoms with E-state index in [0.29, 0.717) is 0 Å². The standard InChI is InChI=1S/3C9H12FSi.Sn/c3*1-11(2,3)9-6-4-8(10)5-7-9;/h3*4-7H,1H2,2-3H3;. The zero-order chi connectivity index (χ0) is 25.1. The third-order valence-corrected chi connectivity index (χ3v) is 52.3. The van der Waals surface area contributed by atoms with Crippen LogP contribution in [-0.4, -0.2) is 44.0 Å². The van der Waals surface area contributed by atoms with Crippen molar-refractivity contribution in [1.29, 1.82) is 0 Å². The van der Waals surface area contributed by atoms with Crippen molar-refractivity contribution in [3.05, 3.63) is 90.2 Å². The number of hydrogen-bond acceptors (Lipinski definition) is 0. The first-order chi connectivity index (χ1) is 15.8. The molecule has 0 saturated carbocycles. The Balaban J connectivity index is 1.92. The van der Waals surface area contributed by atoms with Gasteiger partial charge in [-0.05, 0) is 0 Å². The number of rotatable bonds is 9. The molecule has 181 valence electrons. The van der Waals surface area contributed by atoms with E-state index in [1.54, 1.807) is 36.4 Å². The van der Waals surface area contributed by atoms with Crippen LogP contribution in [0, 0.1) is 17.5 Å². The van der Waals surface area contributed by atoms with Crippen LogP contribution in [0.25, 0.3) is 0 Å². The van der Waals surface area contributed by atoms with Gasteiger partial charge in [0.05, 0.1) is 0 Å². The van der Waals surface area contributed by atoms with E-state index < -0.39 is 44.0 Å². The Morgan fingerprint density at radius 2 is 0.647 bits per heavy atom. The van der Waals surface area contributed by atoms with E-state index in [9.17, 15) is 13.2 Å². The van der Waals surface area contributed by atoms with E-state index in [2.05, 4.69) is 39.3 Å². The molecule has 0 N–H and O–H groups in total. The molecule has 1 radical (unpaired) electrons. The van der Waals surface area contributed by atoms with Gasteiger partial charge >= 0.3 is 214 Å². The summed E-state index contributed by atoms with van der Waals surface area (Å²) in [6, 6.07) is 21.6. The summed E-state index contributed by atoms with van der Waals surface area (Å²) in [5.74, 6) is -0.536. The first-order valence-corrected chi connectivity index (χ1v) is 27.6. The van der Waals surface area contributed by atoms with Crippen molar-refractivity contribution < 1.29 is 13.2 Å². The Hall–Kier alpha value is -1.10. The van der Waals surface area contributed by atoms with Gasteiger partial charge in [0, 0.05) is 0 Å². The molecular formula is C27H36F3Si3Sn. The zero-order valence-electron chi connectivity index (χ0n) is 21.2. The van der Waals surface area contributed by atoms with Crippen LogP contribution in [0.1, 0.15) is 0 Å². The van der Waals surface area contributed by atoms with Gasteiger partial charge in [-0.25, -0.2) is 0 Å². The van der Waals surface area contributed by atoms with E-state index in [1.165, 1.54) is 27.7 Å². The van der Waals surface area contributed by atoms with Gasteiger partial charge in [-0.15, -0.1) is 0 Å². The summed E-state index contributed by atoms with van der Waals surface area (Å²) in [6.07, 6.45) is 0. The molecule has 0 aliphatic heterocycles. The topological polar surface area (TPSA) is 0 Å². The van der Waals surface area contributed by atoms with Crippen LogP contribution in [0.3, 0.4) is 0 Å². The summed E-state index contributed by atoms with van der Waals surface area (Å²) < 4.78 is 44.7. The molecule has 0 spiro atoms. The molecule has 0 unspecified atom stereocenters. The van der Waals surface area contributed by atoms with Crippen molar-refractivity contribution in [2.45, 2.75) is 51.5 Å². The fourth-order valence-electron chi connectivity index (χ4n) is 5.07. The van der Waals surface area contributed by atoms with Gasteiger partial charge in [-0.3, -0.25) is 0 Å². The van der Waals surface area contributed by atoms with Crippen LogP contribution < -0.4 is 15.6 Å². The third kappa shape index (κ3) is 7.21. The number of hydrogen-bond donors (Lipinski definition) is 0. The molecule has 0 fully saturated rings. The van der Waals surface area contributed by atoms with E-state index in [4.69, 9.17) is 0 Å². The average Bonchev–Trinajstić information content (AvgIpc) is 2.73. The van der Waals surface area contributed by atoms with Crippen molar-refractivity contribution in [3.8, 4) is 0 Å². The summed E-state index contributed by atoms with van der Waals surface area (Å²) in [5, 5.41) is 3.98. The van der Waals surface area contributed by atoms with Crippen LogP contribution in [-0.2, 0) is 0 Å². The Bertz CT molecular complexity index is 938. The SMILES string of the molecule is C[Si](C)([CH2][Sn]([CH2][Si](C)(C)c1ccc(F)cc1)[CH2][Si](C)(C)c1ccc(F)cc1)c1ccc(F)cc1. The Morgan fingerprint density at radius 3 is 0.853 bits per heavy atom. The average molecular weight is 621 g/mol. The van der Waals surface area contributed by atoms with Crippen LogP contribution >= 0.6 is 0 Å². The monoisotopic (exact) mass is 621 g/mol. The number of benzene rings is 3. The van der Waals surface area contributed by atoms with Gasteiger partial charge in [-0.2, -0.15) is 0 Å². The molecule has 3 rings (SSSR count). The van der Waals surface area contributed by atoms with Crippen molar-refractivity contribution in [2.24, 2.45) is 0 Å². The van der Waals surface area contributed by atoms with E-state index >= 15 is 0 Å². The molecule has 34 heavy (non-hydrogen) atoms.